The van der Waals surface area contributed by atoms with E-state index in [9.17, 15) is 9.59 Å². The van der Waals surface area contributed by atoms with Crippen molar-refractivity contribution in [2.45, 2.75) is 40.5 Å². The lowest BCUT2D eigenvalue weighted by Crippen LogP contribution is -2.38. The summed E-state index contributed by atoms with van der Waals surface area (Å²) in [6.45, 7) is 9.89. The van der Waals surface area contributed by atoms with Crippen LogP contribution in [0.3, 0.4) is 0 Å². The van der Waals surface area contributed by atoms with E-state index in [1.807, 2.05) is 0 Å². The molecule has 1 aromatic rings. The minimum absolute atomic E-state index is 0.111. The SMILES string of the molecule is CC(=O)c1sc(N2CCC(C(C)(C)C)CC2)nc1C(=O)O. The monoisotopic (exact) mass is 310 g/mol. The molecule has 116 valence electrons. The number of carboxylic acid groups (broad SMARTS) is 1. The standard InChI is InChI=1S/C15H22N2O3S/c1-9(18)12-11(13(19)20)16-14(21-12)17-7-5-10(6-8-17)15(2,3)4/h10H,5-8H2,1-4H3,(H,19,20). The summed E-state index contributed by atoms with van der Waals surface area (Å²) < 4.78 is 0. The number of hydrogen-bond donors (Lipinski definition) is 1. The van der Waals surface area contributed by atoms with Gasteiger partial charge in [-0.05, 0) is 24.2 Å². The van der Waals surface area contributed by atoms with Gasteiger partial charge >= 0.3 is 5.97 Å². The third-order valence-corrected chi connectivity index (χ3v) is 5.35. The molecule has 0 spiro atoms. The Labute approximate surface area is 129 Å². The molecule has 1 fully saturated rings. The number of ketones is 1. The van der Waals surface area contributed by atoms with Gasteiger partial charge < -0.3 is 10.0 Å². The van der Waals surface area contributed by atoms with Gasteiger partial charge in [-0.25, -0.2) is 9.78 Å². The predicted octanol–water partition coefficient (Wildman–Crippen LogP) is 3.31. The van der Waals surface area contributed by atoms with Crippen LogP contribution in [0.25, 0.3) is 0 Å². The van der Waals surface area contributed by atoms with E-state index in [2.05, 4.69) is 30.7 Å². The number of thiazole rings is 1. The van der Waals surface area contributed by atoms with Gasteiger partial charge in [0.1, 0.15) is 4.88 Å². The molecule has 0 aliphatic carbocycles. The number of carbonyl (C=O) groups is 2. The molecule has 2 rings (SSSR count). The number of rotatable bonds is 3. The fraction of sp³-hybridized carbons (Fsp3) is 0.667. The average molecular weight is 310 g/mol. The van der Waals surface area contributed by atoms with Crippen molar-refractivity contribution >= 4 is 28.2 Å². The summed E-state index contributed by atoms with van der Waals surface area (Å²) >= 11 is 1.20. The number of piperidine rings is 1. The number of hydrogen-bond acceptors (Lipinski definition) is 5. The largest absolute Gasteiger partial charge is 0.476 e. The van der Waals surface area contributed by atoms with Crippen LogP contribution in [-0.2, 0) is 0 Å². The second-order valence-electron chi connectivity index (χ2n) is 6.66. The van der Waals surface area contributed by atoms with E-state index in [-0.39, 0.29) is 16.4 Å². The molecule has 0 atom stereocenters. The molecule has 1 aromatic heterocycles. The van der Waals surface area contributed by atoms with Crippen molar-refractivity contribution in [3.63, 3.8) is 0 Å². The summed E-state index contributed by atoms with van der Waals surface area (Å²) in [5, 5.41) is 9.81. The Hall–Kier alpha value is -1.43. The van der Waals surface area contributed by atoms with E-state index in [0.29, 0.717) is 16.5 Å². The van der Waals surface area contributed by atoms with Crippen molar-refractivity contribution in [2.24, 2.45) is 11.3 Å². The van der Waals surface area contributed by atoms with Crippen molar-refractivity contribution in [1.29, 1.82) is 0 Å². The summed E-state index contributed by atoms with van der Waals surface area (Å²) in [5.41, 5.74) is 0.187. The van der Waals surface area contributed by atoms with Crippen LogP contribution in [0.15, 0.2) is 0 Å². The molecule has 0 unspecified atom stereocenters. The molecule has 0 amide bonds. The van der Waals surface area contributed by atoms with Crippen molar-refractivity contribution in [1.82, 2.24) is 4.98 Å². The third-order valence-electron chi connectivity index (χ3n) is 4.13. The first-order chi connectivity index (χ1) is 9.70. The molecular formula is C15H22N2O3S. The minimum Gasteiger partial charge on any atom is -0.476 e. The highest BCUT2D eigenvalue weighted by molar-refractivity contribution is 7.17. The van der Waals surface area contributed by atoms with Crippen LogP contribution < -0.4 is 4.90 Å². The lowest BCUT2D eigenvalue weighted by molar-refractivity contribution is 0.0687. The van der Waals surface area contributed by atoms with Crippen LogP contribution in [0.2, 0.25) is 0 Å². The first-order valence-electron chi connectivity index (χ1n) is 7.20. The lowest BCUT2D eigenvalue weighted by Gasteiger charge is -2.38. The summed E-state index contributed by atoms with van der Waals surface area (Å²) in [5.74, 6) is -0.701. The topological polar surface area (TPSA) is 70.5 Å². The van der Waals surface area contributed by atoms with Crippen molar-refractivity contribution in [3.8, 4) is 0 Å². The molecule has 1 saturated heterocycles. The molecule has 21 heavy (non-hydrogen) atoms. The number of anilines is 1. The molecule has 2 heterocycles. The third kappa shape index (κ3) is 3.43. The number of carbonyl (C=O) groups excluding carboxylic acids is 1. The van der Waals surface area contributed by atoms with E-state index in [1.54, 1.807) is 0 Å². The maximum Gasteiger partial charge on any atom is 0.356 e. The molecule has 1 aliphatic rings. The molecule has 0 aromatic carbocycles. The zero-order valence-corrected chi connectivity index (χ0v) is 13.8. The highest BCUT2D eigenvalue weighted by Gasteiger charge is 2.31. The Morgan fingerprint density at radius 1 is 1.29 bits per heavy atom. The molecule has 0 bridgehead atoms. The first-order valence-corrected chi connectivity index (χ1v) is 8.02. The fourth-order valence-corrected chi connectivity index (χ4v) is 3.77. The summed E-state index contributed by atoms with van der Waals surface area (Å²) in [4.78, 5) is 29.2. The summed E-state index contributed by atoms with van der Waals surface area (Å²) in [6, 6.07) is 0. The van der Waals surface area contributed by atoms with Gasteiger partial charge in [0.25, 0.3) is 0 Å². The highest BCUT2D eigenvalue weighted by atomic mass is 32.1. The van der Waals surface area contributed by atoms with Gasteiger partial charge in [0.2, 0.25) is 0 Å². The van der Waals surface area contributed by atoms with Crippen LogP contribution in [0, 0.1) is 11.3 Å². The van der Waals surface area contributed by atoms with Gasteiger partial charge in [-0.15, -0.1) is 0 Å². The van der Waals surface area contributed by atoms with Crippen molar-refractivity contribution in [2.75, 3.05) is 18.0 Å². The fourth-order valence-electron chi connectivity index (χ4n) is 2.76. The summed E-state index contributed by atoms with van der Waals surface area (Å²) in [6.07, 6.45) is 2.14. The van der Waals surface area contributed by atoms with E-state index in [0.717, 1.165) is 25.9 Å². The Balaban J connectivity index is 2.16. The van der Waals surface area contributed by atoms with E-state index >= 15 is 0 Å². The Morgan fingerprint density at radius 2 is 1.86 bits per heavy atom. The van der Waals surface area contributed by atoms with E-state index in [4.69, 9.17) is 5.11 Å². The lowest BCUT2D eigenvalue weighted by atomic mass is 9.75. The molecule has 0 radical (unpaired) electrons. The molecule has 6 heteroatoms. The number of nitrogens with zero attached hydrogens (tertiary/aromatic N) is 2. The molecule has 0 saturated carbocycles. The molecule has 1 N–H and O–H groups in total. The molecular weight excluding hydrogens is 288 g/mol. The summed E-state index contributed by atoms with van der Waals surface area (Å²) in [7, 11) is 0. The maximum absolute atomic E-state index is 11.5. The number of aromatic carboxylic acids is 1. The first kappa shape index (κ1) is 15.9. The zero-order chi connectivity index (χ0) is 15.8. The van der Waals surface area contributed by atoms with Gasteiger partial charge in [0, 0.05) is 20.0 Å². The van der Waals surface area contributed by atoms with Crippen LogP contribution in [0.5, 0.6) is 0 Å². The minimum atomic E-state index is -1.13. The van der Waals surface area contributed by atoms with Gasteiger partial charge in [0.05, 0.1) is 0 Å². The number of aromatic nitrogens is 1. The Kier molecular flexibility index (Phi) is 4.37. The van der Waals surface area contributed by atoms with E-state index < -0.39 is 5.97 Å². The second kappa shape index (κ2) is 5.75. The Morgan fingerprint density at radius 3 is 2.24 bits per heavy atom. The molecule has 1 aliphatic heterocycles. The van der Waals surface area contributed by atoms with Crippen molar-refractivity contribution in [3.05, 3.63) is 10.6 Å². The smallest absolute Gasteiger partial charge is 0.356 e. The van der Waals surface area contributed by atoms with Crippen LogP contribution in [0.4, 0.5) is 5.13 Å². The van der Waals surface area contributed by atoms with E-state index in [1.165, 1.54) is 18.3 Å². The quantitative estimate of drug-likeness (QED) is 0.867. The zero-order valence-electron chi connectivity index (χ0n) is 13.0. The number of Topliss-reactive ketones (excluding diaryl/α,β-unsaturated/α-hetero) is 1. The maximum atomic E-state index is 11.5. The normalized spacial score (nSPS) is 17.0. The molecule has 5 nitrogen and oxygen atoms in total. The van der Waals surface area contributed by atoms with Crippen LogP contribution in [-0.4, -0.2) is 34.9 Å². The van der Waals surface area contributed by atoms with Gasteiger partial charge in [-0.1, -0.05) is 32.1 Å². The Bertz CT molecular complexity index is 520. The van der Waals surface area contributed by atoms with Gasteiger partial charge in [-0.2, -0.15) is 0 Å². The highest BCUT2D eigenvalue weighted by Crippen LogP contribution is 2.37. The van der Waals surface area contributed by atoms with Crippen LogP contribution >= 0.6 is 11.3 Å². The predicted molar refractivity (Wildman–Crippen MR) is 83.5 cm³/mol. The number of carboxylic acids is 1. The van der Waals surface area contributed by atoms with Gasteiger partial charge in [-0.3, -0.25) is 4.79 Å². The second-order valence-corrected chi connectivity index (χ2v) is 7.64. The average Bonchev–Trinajstić information content (AvgIpc) is 2.83. The van der Waals surface area contributed by atoms with Gasteiger partial charge in [0.15, 0.2) is 16.6 Å². The van der Waals surface area contributed by atoms with Crippen LogP contribution in [0.1, 0.15) is 60.7 Å². The van der Waals surface area contributed by atoms with Crippen molar-refractivity contribution < 1.29 is 14.7 Å².